The molecule has 3 aromatic rings. The van der Waals surface area contributed by atoms with Gasteiger partial charge in [-0.1, -0.05) is 23.0 Å². The highest BCUT2D eigenvalue weighted by molar-refractivity contribution is 7.98. The van der Waals surface area contributed by atoms with Gasteiger partial charge in [0, 0.05) is 0 Å². The van der Waals surface area contributed by atoms with Crippen molar-refractivity contribution in [3.05, 3.63) is 41.7 Å². The monoisotopic (exact) mass is 290 g/mol. The van der Waals surface area contributed by atoms with E-state index in [4.69, 9.17) is 10.3 Å². The summed E-state index contributed by atoms with van der Waals surface area (Å²) in [5.41, 5.74) is 6.24. The molecule has 0 unspecified atom stereocenters. The summed E-state index contributed by atoms with van der Waals surface area (Å²) in [6.07, 6.45) is 1.63. The Kier molecular flexibility index (Phi) is 3.47. The van der Waals surface area contributed by atoms with Crippen LogP contribution in [0.3, 0.4) is 0 Å². The van der Waals surface area contributed by atoms with E-state index in [9.17, 15) is 0 Å². The molecule has 0 saturated heterocycles. The van der Waals surface area contributed by atoms with Crippen LogP contribution in [0.2, 0.25) is 0 Å². The molecule has 0 radical (unpaired) electrons. The van der Waals surface area contributed by atoms with E-state index < -0.39 is 0 Å². The standard InChI is InChI=1S/C12H10N4OS2/c13-8-3-4-11(14-6-8)19-7-10-15-12(17-16-10)9-2-1-5-18-9/h1-6H,7,13H2. The van der Waals surface area contributed by atoms with Crippen LogP contribution in [0.15, 0.2) is 45.4 Å². The number of nitrogens with two attached hydrogens (primary N) is 1. The van der Waals surface area contributed by atoms with Gasteiger partial charge in [-0.2, -0.15) is 4.98 Å². The van der Waals surface area contributed by atoms with Crippen LogP contribution in [0.5, 0.6) is 0 Å². The predicted molar refractivity (Wildman–Crippen MR) is 75.8 cm³/mol. The second-order valence-electron chi connectivity index (χ2n) is 3.71. The van der Waals surface area contributed by atoms with Crippen molar-refractivity contribution >= 4 is 28.8 Å². The molecule has 3 aromatic heterocycles. The van der Waals surface area contributed by atoms with Crippen LogP contribution < -0.4 is 5.73 Å². The third-order valence-corrected chi connectivity index (χ3v) is 4.11. The Balaban J connectivity index is 1.66. The molecule has 2 N–H and O–H groups in total. The van der Waals surface area contributed by atoms with Crippen molar-refractivity contribution in [3.8, 4) is 10.8 Å². The molecule has 0 saturated carbocycles. The zero-order chi connectivity index (χ0) is 13.1. The summed E-state index contributed by atoms with van der Waals surface area (Å²) >= 11 is 3.12. The quantitative estimate of drug-likeness (QED) is 0.744. The van der Waals surface area contributed by atoms with Gasteiger partial charge in [-0.3, -0.25) is 0 Å². The maximum atomic E-state index is 5.58. The Morgan fingerprint density at radius 1 is 1.32 bits per heavy atom. The molecule has 0 fully saturated rings. The molecule has 0 aliphatic carbocycles. The highest BCUT2D eigenvalue weighted by atomic mass is 32.2. The normalized spacial score (nSPS) is 10.7. The van der Waals surface area contributed by atoms with Gasteiger partial charge in [0.2, 0.25) is 0 Å². The number of hydrogen-bond acceptors (Lipinski definition) is 7. The lowest BCUT2D eigenvalue weighted by atomic mass is 10.4. The molecule has 0 aliphatic rings. The number of thiophene rings is 1. The van der Waals surface area contributed by atoms with Gasteiger partial charge in [-0.05, 0) is 23.6 Å². The smallest absolute Gasteiger partial charge is 0.268 e. The minimum absolute atomic E-state index is 0.566. The molecular weight excluding hydrogens is 280 g/mol. The van der Waals surface area contributed by atoms with Crippen LogP contribution in [0, 0.1) is 0 Å². The van der Waals surface area contributed by atoms with E-state index in [1.54, 1.807) is 29.3 Å². The van der Waals surface area contributed by atoms with Crippen molar-refractivity contribution in [3.63, 3.8) is 0 Å². The molecule has 96 valence electrons. The average Bonchev–Trinajstić information content (AvgIpc) is 3.09. The highest BCUT2D eigenvalue weighted by Gasteiger charge is 2.09. The van der Waals surface area contributed by atoms with E-state index in [1.807, 2.05) is 29.6 Å². The first-order valence-electron chi connectivity index (χ1n) is 5.52. The molecule has 0 spiro atoms. The topological polar surface area (TPSA) is 77.8 Å². The Hall–Kier alpha value is -1.86. The number of anilines is 1. The SMILES string of the molecule is Nc1ccc(SCc2noc(-c3cccs3)n2)nc1. The average molecular weight is 290 g/mol. The van der Waals surface area contributed by atoms with Crippen molar-refractivity contribution in [2.45, 2.75) is 10.8 Å². The van der Waals surface area contributed by atoms with Crippen molar-refractivity contribution in [2.75, 3.05) is 5.73 Å². The van der Waals surface area contributed by atoms with E-state index in [0.29, 0.717) is 23.2 Å². The Morgan fingerprint density at radius 2 is 2.26 bits per heavy atom. The summed E-state index contributed by atoms with van der Waals surface area (Å²) in [4.78, 5) is 9.53. The van der Waals surface area contributed by atoms with Gasteiger partial charge < -0.3 is 10.3 Å². The summed E-state index contributed by atoms with van der Waals surface area (Å²) in [6.45, 7) is 0. The number of aromatic nitrogens is 3. The zero-order valence-electron chi connectivity index (χ0n) is 9.81. The third-order valence-electron chi connectivity index (χ3n) is 2.31. The Morgan fingerprint density at radius 3 is 3.00 bits per heavy atom. The summed E-state index contributed by atoms with van der Waals surface area (Å²) in [7, 11) is 0. The first kappa shape index (κ1) is 12.2. The Labute approximate surface area is 117 Å². The minimum atomic E-state index is 0.566. The van der Waals surface area contributed by atoms with Crippen molar-refractivity contribution < 1.29 is 4.52 Å². The summed E-state index contributed by atoms with van der Waals surface area (Å²) < 4.78 is 5.21. The molecule has 19 heavy (non-hydrogen) atoms. The summed E-state index contributed by atoms with van der Waals surface area (Å²) in [5.74, 6) is 1.84. The van der Waals surface area contributed by atoms with Crippen LogP contribution in [-0.4, -0.2) is 15.1 Å². The number of pyridine rings is 1. The fourth-order valence-corrected chi connectivity index (χ4v) is 2.76. The van der Waals surface area contributed by atoms with Gasteiger partial charge in [-0.25, -0.2) is 4.98 Å². The summed E-state index contributed by atoms with van der Waals surface area (Å²) in [5, 5.41) is 6.82. The molecule has 0 aromatic carbocycles. The molecule has 3 heterocycles. The molecule has 7 heteroatoms. The minimum Gasteiger partial charge on any atom is -0.397 e. The van der Waals surface area contributed by atoms with E-state index in [0.717, 1.165) is 9.90 Å². The van der Waals surface area contributed by atoms with Gasteiger partial charge >= 0.3 is 0 Å². The molecule has 5 nitrogen and oxygen atoms in total. The third kappa shape index (κ3) is 2.94. The first-order valence-corrected chi connectivity index (χ1v) is 7.38. The van der Waals surface area contributed by atoms with Gasteiger partial charge in [0.1, 0.15) is 0 Å². The van der Waals surface area contributed by atoms with Crippen molar-refractivity contribution in [2.24, 2.45) is 0 Å². The van der Waals surface area contributed by atoms with Gasteiger partial charge in [0.05, 0.1) is 27.5 Å². The predicted octanol–water partition coefficient (Wildman–Crippen LogP) is 3.07. The molecule has 0 bridgehead atoms. The second-order valence-corrected chi connectivity index (χ2v) is 5.65. The first-order chi connectivity index (χ1) is 9.31. The number of nitrogen functional groups attached to an aromatic ring is 1. The van der Waals surface area contributed by atoms with Gasteiger partial charge in [0.25, 0.3) is 5.89 Å². The maximum Gasteiger partial charge on any atom is 0.268 e. The Bertz CT molecular complexity index is 649. The lowest BCUT2D eigenvalue weighted by Crippen LogP contribution is -1.88. The van der Waals surface area contributed by atoms with E-state index in [2.05, 4.69) is 15.1 Å². The van der Waals surface area contributed by atoms with E-state index >= 15 is 0 Å². The number of hydrogen-bond donors (Lipinski definition) is 1. The van der Waals surface area contributed by atoms with E-state index in [1.165, 1.54) is 0 Å². The van der Waals surface area contributed by atoms with Crippen LogP contribution in [0.4, 0.5) is 5.69 Å². The lowest BCUT2D eigenvalue weighted by molar-refractivity contribution is 0.426. The molecular formula is C12H10N4OS2. The van der Waals surface area contributed by atoms with Gasteiger partial charge in [0.15, 0.2) is 5.82 Å². The zero-order valence-corrected chi connectivity index (χ0v) is 11.4. The molecule has 3 rings (SSSR count). The van der Waals surface area contributed by atoms with Crippen LogP contribution in [-0.2, 0) is 5.75 Å². The van der Waals surface area contributed by atoms with Crippen LogP contribution in [0.1, 0.15) is 5.82 Å². The largest absolute Gasteiger partial charge is 0.397 e. The van der Waals surface area contributed by atoms with Crippen molar-refractivity contribution in [1.82, 2.24) is 15.1 Å². The fourth-order valence-electron chi connectivity index (χ4n) is 1.43. The van der Waals surface area contributed by atoms with Crippen LogP contribution >= 0.6 is 23.1 Å². The van der Waals surface area contributed by atoms with Crippen LogP contribution in [0.25, 0.3) is 10.8 Å². The maximum absolute atomic E-state index is 5.58. The fraction of sp³-hybridized carbons (Fsp3) is 0.0833. The summed E-state index contributed by atoms with van der Waals surface area (Å²) in [6, 6.07) is 7.61. The lowest BCUT2D eigenvalue weighted by Gasteiger charge is -1.97. The second kappa shape index (κ2) is 5.41. The number of rotatable bonds is 4. The molecule has 0 aliphatic heterocycles. The van der Waals surface area contributed by atoms with E-state index in [-0.39, 0.29) is 0 Å². The molecule has 0 amide bonds. The number of nitrogens with zero attached hydrogens (tertiary/aromatic N) is 3. The number of thioether (sulfide) groups is 1. The van der Waals surface area contributed by atoms with Crippen molar-refractivity contribution in [1.29, 1.82) is 0 Å². The van der Waals surface area contributed by atoms with Gasteiger partial charge in [-0.15, -0.1) is 11.3 Å². The molecule has 0 atom stereocenters. The highest BCUT2D eigenvalue weighted by Crippen LogP contribution is 2.25.